The van der Waals surface area contributed by atoms with Crippen molar-refractivity contribution in [1.29, 1.82) is 0 Å². The summed E-state index contributed by atoms with van der Waals surface area (Å²) in [6.45, 7) is 3.95. The summed E-state index contributed by atoms with van der Waals surface area (Å²) >= 11 is 4.95. The van der Waals surface area contributed by atoms with Gasteiger partial charge in [0.05, 0.1) is 6.10 Å². The zero-order valence-corrected chi connectivity index (χ0v) is 7.44. The van der Waals surface area contributed by atoms with Gasteiger partial charge < -0.3 is 9.72 Å². The lowest BCUT2D eigenvalue weighted by molar-refractivity contribution is 0.232. The van der Waals surface area contributed by atoms with E-state index < -0.39 is 0 Å². The van der Waals surface area contributed by atoms with Crippen molar-refractivity contribution in [1.82, 2.24) is 4.98 Å². The van der Waals surface area contributed by atoms with Crippen LogP contribution in [0.5, 0.6) is 5.88 Å². The second-order valence-electron chi connectivity index (χ2n) is 2.56. The fourth-order valence-electron chi connectivity index (χ4n) is 0.747. The molecule has 0 aliphatic heterocycles. The van der Waals surface area contributed by atoms with E-state index in [4.69, 9.17) is 17.0 Å². The Morgan fingerprint density at radius 1 is 1.55 bits per heavy atom. The summed E-state index contributed by atoms with van der Waals surface area (Å²) in [6, 6.07) is 3.62. The van der Waals surface area contributed by atoms with Crippen LogP contribution in [-0.4, -0.2) is 11.1 Å². The zero-order chi connectivity index (χ0) is 8.27. The highest BCUT2D eigenvalue weighted by Crippen LogP contribution is 2.07. The van der Waals surface area contributed by atoms with E-state index in [0.717, 1.165) is 10.4 Å². The number of hydrogen-bond donors (Lipinski definition) is 1. The molecule has 0 radical (unpaired) electrons. The normalized spacial score (nSPS) is 10.1. The molecule has 0 saturated carbocycles. The molecule has 2 nitrogen and oxygen atoms in total. The largest absolute Gasteiger partial charge is 0.476 e. The lowest BCUT2D eigenvalue weighted by atomic mass is 10.4. The first kappa shape index (κ1) is 8.27. The summed E-state index contributed by atoms with van der Waals surface area (Å²) in [5, 5.41) is 0. The average Bonchev–Trinajstić information content (AvgIpc) is 1.85. The number of H-pyrrole nitrogens is 1. The molecule has 1 aromatic rings. The molecule has 0 atom stereocenters. The molecule has 0 bridgehead atoms. The Morgan fingerprint density at radius 3 is 2.82 bits per heavy atom. The summed E-state index contributed by atoms with van der Waals surface area (Å²) in [7, 11) is 0. The number of aromatic nitrogens is 1. The van der Waals surface area contributed by atoms with Gasteiger partial charge in [-0.25, -0.2) is 0 Å². The van der Waals surface area contributed by atoms with E-state index in [1.54, 1.807) is 12.3 Å². The molecule has 0 spiro atoms. The molecule has 0 fully saturated rings. The van der Waals surface area contributed by atoms with E-state index in [1.807, 2.05) is 19.9 Å². The Kier molecular flexibility index (Phi) is 2.65. The smallest absolute Gasteiger partial charge is 0.192 e. The summed E-state index contributed by atoms with van der Waals surface area (Å²) < 4.78 is 6.16. The van der Waals surface area contributed by atoms with Gasteiger partial charge in [0.25, 0.3) is 0 Å². The second kappa shape index (κ2) is 3.53. The van der Waals surface area contributed by atoms with Crippen molar-refractivity contribution < 1.29 is 4.74 Å². The van der Waals surface area contributed by atoms with E-state index in [1.165, 1.54) is 0 Å². The predicted molar refractivity (Wildman–Crippen MR) is 47.4 cm³/mol. The molecule has 11 heavy (non-hydrogen) atoms. The highest BCUT2D eigenvalue weighted by molar-refractivity contribution is 7.71. The monoisotopic (exact) mass is 169 g/mol. The van der Waals surface area contributed by atoms with Gasteiger partial charge in [0.2, 0.25) is 0 Å². The molecule has 3 heteroatoms. The number of aromatic amines is 1. The van der Waals surface area contributed by atoms with Gasteiger partial charge in [0.15, 0.2) is 5.88 Å². The van der Waals surface area contributed by atoms with Crippen LogP contribution in [0.15, 0.2) is 18.3 Å². The van der Waals surface area contributed by atoms with E-state index in [0.29, 0.717) is 0 Å². The van der Waals surface area contributed by atoms with Crippen LogP contribution in [0.1, 0.15) is 13.8 Å². The van der Waals surface area contributed by atoms with Crippen LogP contribution < -0.4 is 4.74 Å². The molecule has 1 heterocycles. The predicted octanol–water partition coefficient (Wildman–Crippen LogP) is 2.53. The molecule has 0 saturated heterocycles. The van der Waals surface area contributed by atoms with Gasteiger partial charge >= 0.3 is 0 Å². The highest BCUT2D eigenvalue weighted by atomic mass is 32.1. The summed E-state index contributed by atoms with van der Waals surface area (Å²) in [6.07, 6.45) is 1.96. The number of nitrogens with one attached hydrogen (secondary N) is 1. The van der Waals surface area contributed by atoms with E-state index in [-0.39, 0.29) is 6.10 Å². The molecule has 0 amide bonds. The maximum atomic E-state index is 5.37. The number of rotatable bonds is 2. The van der Waals surface area contributed by atoms with Gasteiger partial charge in [-0.2, -0.15) is 0 Å². The SMILES string of the molecule is CC(C)Oc1cc(=S)cc[nH]1. The topological polar surface area (TPSA) is 25.0 Å². The summed E-state index contributed by atoms with van der Waals surface area (Å²) in [4.78, 5) is 2.95. The minimum Gasteiger partial charge on any atom is -0.476 e. The average molecular weight is 169 g/mol. The van der Waals surface area contributed by atoms with E-state index >= 15 is 0 Å². The molecular formula is C8H11NOS. The van der Waals surface area contributed by atoms with Gasteiger partial charge in [0.1, 0.15) is 0 Å². The molecule has 0 aliphatic carbocycles. The third-order valence-electron chi connectivity index (χ3n) is 1.11. The molecule has 0 aliphatic rings. The van der Waals surface area contributed by atoms with Crippen LogP contribution in [0.25, 0.3) is 0 Å². The third kappa shape index (κ3) is 2.72. The lowest BCUT2D eigenvalue weighted by Gasteiger charge is -2.07. The van der Waals surface area contributed by atoms with E-state index in [9.17, 15) is 0 Å². The Bertz CT molecular complexity index is 279. The maximum Gasteiger partial charge on any atom is 0.192 e. The molecule has 1 N–H and O–H groups in total. The van der Waals surface area contributed by atoms with Crippen molar-refractivity contribution >= 4 is 12.2 Å². The Labute approximate surface area is 71.2 Å². The Balaban J connectivity index is 2.80. The quantitative estimate of drug-likeness (QED) is 0.688. The van der Waals surface area contributed by atoms with Crippen LogP contribution >= 0.6 is 12.2 Å². The molecule has 0 unspecified atom stereocenters. The molecule has 60 valence electrons. The van der Waals surface area contributed by atoms with Gasteiger partial charge in [-0.05, 0) is 19.9 Å². The van der Waals surface area contributed by atoms with Gasteiger partial charge in [-0.1, -0.05) is 12.2 Å². The first-order valence-electron chi connectivity index (χ1n) is 3.54. The number of pyridine rings is 1. The van der Waals surface area contributed by atoms with Crippen molar-refractivity contribution in [2.24, 2.45) is 0 Å². The second-order valence-corrected chi connectivity index (χ2v) is 3.03. The van der Waals surface area contributed by atoms with Crippen LogP contribution in [0.3, 0.4) is 0 Å². The van der Waals surface area contributed by atoms with Gasteiger partial charge in [0, 0.05) is 16.8 Å². The Hall–Kier alpha value is -0.830. The van der Waals surface area contributed by atoms with Crippen molar-refractivity contribution in [2.75, 3.05) is 0 Å². The fourth-order valence-corrected chi connectivity index (χ4v) is 0.922. The first-order valence-corrected chi connectivity index (χ1v) is 3.94. The first-order chi connectivity index (χ1) is 5.18. The van der Waals surface area contributed by atoms with Crippen molar-refractivity contribution in [2.45, 2.75) is 20.0 Å². The fraction of sp³-hybridized carbons (Fsp3) is 0.375. The number of hydrogen-bond acceptors (Lipinski definition) is 2. The van der Waals surface area contributed by atoms with Crippen molar-refractivity contribution in [3.63, 3.8) is 0 Å². The Morgan fingerprint density at radius 2 is 2.27 bits per heavy atom. The maximum absolute atomic E-state index is 5.37. The molecular weight excluding hydrogens is 158 g/mol. The minimum absolute atomic E-state index is 0.183. The van der Waals surface area contributed by atoms with Gasteiger partial charge in [-0.15, -0.1) is 0 Å². The van der Waals surface area contributed by atoms with Crippen LogP contribution in [0.4, 0.5) is 0 Å². The number of ether oxygens (including phenoxy) is 1. The van der Waals surface area contributed by atoms with Crippen LogP contribution in [-0.2, 0) is 0 Å². The van der Waals surface area contributed by atoms with Crippen molar-refractivity contribution in [3.05, 3.63) is 22.8 Å². The van der Waals surface area contributed by atoms with Gasteiger partial charge in [-0.3, -0.25) is 0 Å². The minimum atomic E-state index is 0.183. The summed E-state index contributed by atoms with van der Waals surface area (Å²) in [5.74, 6) is 0.729. The van der Waals surface area contributed by atoms with Crippen molar-refractivity contribution in [3.8, 4) is 5.88 Å². The van der Waals surface area contributed by atoms with Crippen LogP contribution in [0, 0.1) is 4.51 Å². The zero-order valence-electron chi connectivity index (χ0n) is 6.63. The lowest BCUT2D eigenvalue weighted by Crippen LogP contribution is -2.06. The standard InChI is InChI=1S/C8H11NOS/c1-6(2)10-8-5-7(11)3-4-9-8/h3-6H,1-2H3,(H,9,11). The van der Waals surface area contributed by atoms with Crippen LogP contribution in [0.2, 0.25) is 0 Å². The third-order valence-corrected chi connectivity index (χ3v) is 1.36. The molecule has 0 aromatic carbocycles. The van der Waals surface area contributed by atoms with E-state index in [2.05, 4.69) is 4.98 Å². The highest BCUT2D eigenvalue weighted by Gasteiger charge is 1.94. The molecule has 1 aromatic heterocycles. The summed E-state index contributed by atoms with van der Waals surface area (Å²) in [5.41, 5.74) is 0. The molecule has 1 rings (SSSR count).